The standard InChI is InChI=1S/C20H16Cl2N2O2/c21-14-7-6-13(17(22)9-14)10-23-20(26)16-11-24-8-2-4-12-3-1-5-15(18(12)24)19(16)25/h1,3,5-7,9,11H,2,4,8,10H2,(H,23,26). The lowest BCUT2D eigenvalue weighted by Crippen LogP contribution is -2.30. The van der Waals surface area contributed by atoms with Gasteiger partial charge in [-0.1, -0.05) is 41.4 Å². The Morgan fingerprint density at radius 2 is 2.04 bits per heavy atom. The molecule has 1 aliphatic heterocycles. The molecule has 1 aromatic heterocycles. The highest BCUT2D eigenvalue weighted by Gasteiger charge is 2.19. The summed E-state index contributed by atoms with van der Waals surface area (Å²) >= 11 is 12.0. The molecule has 2 aromatic carbocycles. The molecule has 1 amide bonds. The predicted molar refractivity (Wildman–Crippen MR) is 104 cm³/mol. The van der Waals surface area contributed by atoms with Crippen molar-refractivity contribution in [3.05, 3.63) is 79.6 Å². The van der Waals surface area contributed by atoms with E-state index in [1.807, 2.05) is 16.7 Å². The van der Waals surface area contributed by atoms with E-state index >= 15 is 0 Å². The molecule has 0 saturated heterocycles. The molecule has 4 nitrogen and oxygen atoms in total. The van der Waals surface area contributed by atoms with Gasteiger partial charge in [0.2, 0.25) is 5.43 Å². The van der Waals surface area contributed by atoms with E-state index < -0.39 is 5.91 Å². The van der Waals surface area contributed by atoms with Gasteiger partial charge in [0.25, 0.3) is 5.91 Å². The summed E-state index contributed by atoms with van der Waals surface area (Å²) in [6, 6.07) is 10.8. The van der Waals surface area contributed by atoms with E-state index in [0.717, 1.165) is 36.0 Å². The minimum atomic E-state index is -0.400. The van der Waals surface area contributed by atoms with Crippen molar-refractivity contribution in [2.45, 2.75) is 25.9 Å². The normalized spacial score (nSPS) is 13.0. The van der Waals surface area contributed by atoms with E-state index in [1.165, 1.54) is 0 Å². The van der Waals surface area contributed by atoms with Gasteiger partial charge in [0.05, 0.1) is 5.52 Å². The highest BCUT2D eigenvalue weighted by molar-refractivity contribution is 6.35. The van der Waals surface area contributed by atoms with E-state index in [1.54, 1.807) is 30.5 Å². The zero-order valence-corrected chi connectivity index (χ0v) is 15.4. The van der Waals surface area contributed by atoms with Gasteiger partial charge in [-0.25, -0.2) is 0 Å². The number of benzene rings is 2. The Morgan fingerprint density at radius 3 is 2.85 bits per heavy atom. The third-order valence-corrected chi connectivity index (χ3v) is 5.31. The fraction of sp³-hybridized carbons (Fsp3) is 0.200. The number of nitrogens with zero attached hydrogens (tertiary/aromatic N) is 1. The van der Waals surface area contributed by atoms with Gasteiger partial charge in [-0.05, 0) is 42.2 Å². The molecule has 0 radical (unpaired) electrons. The number of aromatic nitrogens is 1. The lowest BCUT2D eigenvalue weighted by Gasteiger charge is -2.20. The van der Waals surface area contributed by atoms with Crippen LogP contribution in [0.4, 0.5) is 0 Å². The zero-order chi connectivity index (χ0) is 18.3. The van der Waals surface area contributed by atoms with Crippen molar-refractivity contribution in [2.24, 2.45) is 0 Å². The van der Waals surface area contributed by atoms with E-state index in [4.69, 9.17) is 23.2 Å². The first-order valence-electron chi connectivity index (χ1n) is 8.42. The first kappa shape index (κ1) is 17.1. The lowest BCUT2D eigenvalue weighted by atomic mass is 10.00. The van der Waals surface area contributed by atoms with Crippen LogP contribution in [0.25, 0.3) is 10.9 Å². The van der Waals surface area contributed by atoms with Crippen LogP contribution in [0, 0.1) is 0 Å². The Balaban J connectivity index is 1.67. The number of hydrogen-bond donors (Lipinski definition) is 1. The molecule has 1 N–H and O–H groups in total. The van der Waals surface area contributed by atoms with Crippen LogP contribution < -0.4 is 10.7 Å². The van der Waals surface area contributed by atoms with Crippen molar-refractivity contribution in [2.75, 3.05) is 0 Å². The highest BCUT2D eigenvalue weighted by Crippen LogP contribution is 2.24. The summed E-state index contributed by atoms with van der Waals surface area (Å²) < 4.78 is 2.01. The van der Waals surface area contributed by atoms with Crippen molar-refractivity contribution < 1.29 is 4.79 Å². The first-order valence-corrected chi connectivity index (χ1v) is 9.17. The van der Waals surface area contributed by atoms with Gasteiger partial charge < -0.3 is 9.88 Å². The van der Waals surface area contributed by atoms with Crippen LogP contribution in [0.1, 0.15) is 27.9 Å². The number of pyridine rings is 1. The molecule has 26 heavy (non-hydrogen) atoms. The molecule has 4 rings (SSSR count). The summed E-state index contributed by atoms with van der Waals surface area (Å²) in [7, 11) is 0. The SMILES string of the molecule is O=C(NCc1ccc(Cl)cc1Cl)c1cn2c3c(cccc3c1=O)CCC2. The van der Waals surface area contributed by atoms with Crippen LogP contribution in [0.15, 0.2) is 47.4 Å². The predicted octanol–water partition coefficient (Wildman–Crippen LogP) is 4.18. The minimum Gasteiger partial charge on any atom is -0.348 e. The maximum absolute atomic E-state index is 12.8. The van der Waals surface area contributed by atoms with Crippen LogP contribution in [0.5, 0.6) is 0 Å². The summed E-state index contributed by atoms with van der Waals surface area (Å²) in [5.74, 6) is -0.400. The molecule has 0 spiro atoms. The van der Waals surface area contributed by atoms with Crippen LogP contribution >= 0.6 is 23.2 Å². The molecule has 6 heteroatoms. The molecule has 0 unspecified atom stereocenters. The van der Waals surface area contributed by atoms with E-state index in [2.05, 4.69) is 5.32 Å². The fourth-order valence-electron chi connectivity index (χ4n) is 3.45. The van der Waals surface area contributed by atoms with E-state index in [-0.39, 0.29) is 17.5 Å². The Hall–Kier alpha value is -2.30. The number of rotatable bonds is 3. The average Bonchev–Trinajstić information content (AvgIpc) is 2.63. The summed E-state index contributed by atoms with van der Waals surface area (Å²) in [5.41, 5.74) is 2.77. The number of amides is 1. The van der Waals surface area contributed by atoms with Gasteiger partial charge >= 0.3 is 0 Å². The molecule has 0 aliphatic carbocycles. The Kier molecular flexibility index (Phi) is 4.47. The van der Waals surface area contributed by atoms with Gasteiger partial charge in [0, 0.05) is 34.7 Å². The number of hydrogen-bond acceptors (Lipinski definition) is 2. The van der Waals surface area contributed by atoms with Crippen LogP contribution in [-0.2, 0) is 19.5 Å². The van der Waals surface area contributed by atoms with Crippen LogP contribution in [0.3, 0.4) is 0 Å². The molecule has 132 valence electrons. The highest BCUT2D eigenvalue weighted by atomic mass is 35.5. The molecule has 2 heterocycles. The van der Waals surface area contributed by atoms with Crippen molar-refractivity contribution >= 4 is 40.0 Å². The summed E-state index contributed by atoms with van der Waals surface area (Å²) in [6.07, 6.45) is 3.62. The number of carbonyl (C=O) groups is 1. The third kappa shape index (κ3) is 3.00. The molecule has 0 bridgehead atoms. The second-order valence-electron chi connectivity index (χ2n) is 6.40. The molecule has 3 aromatic rings. The van der Waals surface area contributed by atoms with Crippen LogP contribution in [-0.4, -0.2) is 10.5 Å². The summed E-state index contributed by atoms with van der Waals surface area (Å²) in [6.45, 7) is 1.03. The fourth-order valence-corrected chi connectivity index (χ4v) is 3.93. The van der Waals surface area contributed by atoms with Crippen molar-refractivity contribution in [1.29, 1.82) is 0 Å². The van der Waals surface area contributed by atoms with E-state index in [0.29, 0.717) is 15.4 Å². The first-order chi connectivity index (χ1) is 12.5. The number of para-hydroxylation sites is 1. The molecular formula is C20H16Cl2N2O2. The van der Waals surface area contributed by atoms with Crippen molar-refractivity contribution in [3.63, 3.8) is 0 Å². The van der Waals surface area contributed by atoms with Gasteiger partial charge in [-0.2, -0.15) is 0 Å². The topological polar surface area (TPSA) is 51.1 Å². The Labute approximate surface area is 160 Å². The average molecular weight is 387 g/mol. The van der Waals surface area contributed by atoms with E-state index in [9.17, 15) is 9.59 Å². The van der Waals surface area contributed by atoms with Gasteiger partial charge in [0.15, 0.2) is 0 Å². The number of aryl methyl sites for hydroxylation is 2. The molecule has 0 fully saturated rings. The summed E-state index contributed by atoms with van der Waals surface area (Å²) in [4.78, 5) is 25.5. The minimum absolute atomic E-state index is 0.154. The van der Waals surface area contributed by atoms with Crippen LogP contribution in [0.2, 0.25) is 10.0 Å². The summed E-state index contributed by atoms with van der Waals surface area (Å²) in [5, 5.41) is 4.40. The van der Waals surface area contributed by atoms with Gasteiger partial charge in [-0.15, -0.1) is 0 Å². The molecular weight excluding hydrogens is 371 g/mol. The molecule has 1 aliphatic rings. The zero-order valence-electron chi connectivity index (χ0n) is 13.9. The monoisotopic (exact) mass is 386 g/mol. The van der Waals surface area contributed by atoms with Gasteiger partial charge in [-0.3, -0.25) is 9.59 Å². The number of halogens is 2. The quantitative estimate of drug-likeness (QED) is 0.733. The third-order valence-electron chi connectivity index (χ3n) is 4.73. The van der Waals surface area contributed by atoms with Crippen molar-refractivity contribution in [3.8, 4) is 0 Å². The number of nitrogens with one attached hydrogen (secondary N) is 1. The Morgan fingerprint density at radius 1 is 1.19 bits per heavy atom. The molecule has 0 saturated carbocycles. The van der Waals surface area contributed by atoms with Gasteiger partial charge in [0.1, 0.15) is 5.56 Å². The maximum atomic E-state index is 12.8. The molecule has 0 atom stereocenters. The largest absolute Gasteiger partial charge is 0.348 e. The maximum Gasteiger partial charge on any atom is 0.257 e. The van der Waals surface area contributed by atoms with Crippen molar-refractivity contribution in [1.82, 2.24) is 9.88 Å². The second kappa shape index (κ2) is 6.78. The number of carbonyl (C=O) groups excluding carboxylic acids is 1. The lowest BCUT2D eigenvalue weighted by molar-refractivity contribution is 0.0949. The smallest absolute Gasteiger partial charge is 0.257 e. The second-order valence-corrected chi connectivity index (χ2v) is 7.24. The Bertz CT molecular complexity index is 1090.